The fourth-order valence-corrected chi connectivity index (χ4v) is 3.77. The molecule has 1 heterocycles. The molecule has 10 heteroatoms. The van der Waals surface area contributed by atoms with Gasteiger partial charge in [-0.25, -0.2) is 14.1 Å². The Morgan fingerprint density at radius 3 is 2.43 bits per heavy atom. The Balaban J connectivity index is 1.64. The van der Waals surface area contributed by atoms with Gasteiger partial charge in [0, 0.05) is 5.02 Å². The number of nitrogens with zero attached hydrogens (tertiary/aromatic N) is 1. The number of ether oxygens (including phenoxy) is 2. The van der Waals surface area contributed by atoms with Crippen LogP contribution in [0, 0.1) is 5.82 Å². The van der Waals surface area contributed by atoms with Gasteiger partial charge in [0.25, 0.3) is 11.8 Å². The number of urea groups is 1. The van der Waals surface area contributed by atoms with Gasteiger partial charge in [0.05, 0.1) is 17.8 Å². The average molecular weight is 515 g/mol. The van der Waals surface area contributed by atoms with Crippen LogP contribution in [0.1, 0.15) is 11.1 Å². The zero-order valence-corrected chi connectivity index (χ0v) is 19.7. The van der Waals surface area contributed by atoms with Crippen LogP contribution in [-0.2, 0) is 16.2 Å². The van der Waals surface area contributed by atoms with E-state index in [1.165, 1.54) is 43.5 Å². The summed E-state index contributed by atoms with van der Waals surface area (Å²) < 4.78 is 25.4. The average Bonchev–Trinajstić information content (AvgIpc) is 2.83. The molecule has 1 fully saturated rings. The van der Waals surface area contributed by atoms with Crippen LogP contribution in [0.15, 0.2) is 66.2 Å². The quantitative estimate of drug-likeness (QED) is 0.352. The summed E-state index contributed by atoms with van der Waals surface area (Å²) in [6, 6.07) is 14.2. The molecule has 1 N–H and O–H groups in total. The topological polar surface area (TPSA) is 84.9 Å². The summed E-state index contributed by atoms with van der Waals surface area (Å²) in [7, 11) is 1.41. The van der Waals surface area contributed by atoms with Gasteiger partial charge in [-0.05, 0) is 53.6 Å². The molecule has 0 aromatic heterocycles. The first-order valence-corrected chi connectivity index (χ1v) is 10.9. The van der Waals surface area contributed by atoms with E-state index in [0.29, 0.717) is 15.5 Å². The van der Waals surface area contributed by atoms with Crippen molar-refractivity contribution < 1.29 is 28.2 Å². The number of hydrogen-bond donors (Lipinski definition) is 1. The number of anilines is 1. The third-order valence-corrected chi connectivity index (χ3v) is 5.59. The molecule has 0 unspecified atom stereocenters. The molecule has 0 saturated carbocycles. The second kappa shape index (κ2) is 10.2. The number of amides is 4. The van der Waals surface area contributed by atoms with Gasteiger partial charge in [-0.1, -0.05) is 47.5 Å². The van der Waals surface area contributed by atoms with E-state index in [0.717, 1.165) is 11.6 Å². The summed E-state index contributed by atoms with van der Waals surface area (Å²) in [4.78, 5) is 38.3. The lowest BCUT2D eigenvalue weighted by Gasteiger charge is -2.26. The number of imide groups is 2. The van der Waals surface area contributed by atoms with E-state index >= 15 is 0 Å². The van der Waals surface area contributed by atoms with Crippen molar-refractivity contribution in [2.75, 3.05) is 12.0 Å². The van der Waals surface area contributed by atoms with Crippen molar-refractivity contribution >= 4 is 52.8 Å². The molecule has 3 aromatic rings. The van der Waals surface area contributed by atoms with E-state index < -0.39 is 23.7 Å². The summed E-state index contributed by atoms with van der Waals surface area (Å²) in [5.74, 6) is -2.19. The molecule has 0 spiro atoms. The zero-order valence-electron chi connectivity index (χ0n) is 18.2. The molecule has 1 saturated heterocycles. The van der Waals surface area contributed by atoms with Crippen LogP contribution in [0.5, 0.6) is 11.5 Å². The van der Waals surface area contributed by atoms with Crippen molar-refractivity contribution in [2.45, 2.75) is 6.61 Å². The maximum Gasteiger partial charge on any atom is 0.336 e. The van der Waals surface area contributed by atoms with Crippen molar-refractivity contribution in [1.82, 2.24) is 5.32 Å². The van der Waals surface area contributed by atoms with Crippen molar-refractivity contribution in [3.8, 4) is 11.5 Å². The minimum Gasteiger partial charge on any atom is -0.493 e. The number of para-hydroxylation sites is 1. The predicted molar refractivity (Wildman–Crippen MR) is 129 cm³/mol. The Bertz CT molecular complexity index is 1360. The van der Waals surface area contributed by atoms with Crippen LogP contribution in [-0.4, -0.2) is 25.0 Å². The Hall–Kier alpha value is -3.88. The van der Waals surface area contributed by atoms with Crippen LogP contribution in [0.3, 0.4) is 0 Å². The largest absolute Gasteiger partial charge is 0.493 e. The van der Waals surface area contributed by atoms with Crippen LogP contribution in [0.4, 0.5) is 14.9 Å². The molecule has 0 atom stereocenters. The van der Waals surface area contributed by atoms with E-state index in [1.54, 1.807) is 24.3 Å². The van der Waals surface area contributed by atoms with Crippen molar-refractivity contribution in [1.29, 1.82) is 0 Å². The number of benzene rings is 3. The van der Waals surface area contributed by atoms with Crippen LogP contribution in [0.25, 0.3) is 6.08 Å². The molecule has 0 bridgehead atoms. The van der Waals surface area contributed by atoms with Gasteiger partial charge in [0.2, 0.25) is 0 Å². The molecule has 0 aliphatic carbocycles. The summed E-state index contributed by atoms with van der Waals surface area (Å²) >= 11 is 12.3. The van der Waals surface area contributed by atoms with Gasteiger partial charge in [-0.3, -0.25) is 14.9 Å². The number of rotatable bonds is 6. The van der Waals surface area contributed by atoms with Gasteiger partial charge in [-0.15, -0.1) is 0 Å². The highest BCUT2D eigenvalue weighted by Crippen LogP contribution is 2.38. The lowest BCUT2D eigenvalue weighted by atomic mass is 10.1. The molecular weight excluding hydrogens is 498 g/mol. The van der Waals surface area contributed by atoms with Crippen molar-refractivity contribution in [3.05, 3.63) is 93.2 Å². The maximum absolute atomic E-state index is 14.3. The lowest BCUT2D eigenvalue weighted by Crippen LogP contribution is -2.54. The highest BCUT2D eigenvalue weighted by Gasteiger charge is 2.38. The molecule has 7 nitrogen and oxygen atoms in total. The normalized spacial score (nSPS) is 14.8. The second-order valence-corrected chi connectivity index (χ2v) is 8.20. The van der Waals surface area contributed by atoms with Crippen LogP contribution >= 0.6 is 23.2 Å². The first-order chi connectivity index (χ1) is 16.8. The maximum atomic E-state index is 14.3. The molecule has 1 aliphatic rings. The molecule has 1 aliphatic heterocycles. The number of hydrogen-bond acceptors (Lipinski definition) is 5. The standard InChI is InChI=1S/C25H17Cl2FN2O5/c1-34-21-12-15(11-18(27)22(21)35-13-14-6-8-16(26)9-7-14)10-17-23(31)29-25(33)30(24(17)32)20-5-3-2-4-19(20)28/h2-12H,13H2,1H3,(H,29,31,33)/b17-10-. The van der Waals surface area contributed by atoms with E-state index in [2.05, 4.69) is 0 Å². The van der Waals surface area contributed by atoms with E-state index in [9.17, 15) is 18.8 Å². The number of halogens is 3. The van der Waals surface area contributed by atoms with Gasteiger partial charge in [0.1, 0.15) is 18.0 Å². The summed E-state index contributed by atoms with van der Waals surface area (Å²) in [5, 5.41) is 2.81. The van der Waals surface area contributed by atoms with Crippen molar-refractivity contribution in [3.63, 3.8) is 0 Å². The number of barbiturate groups is 1. The number of carbonyl (C=O) groups excluding carboxylic acids is 3. The SMILES string of the molecule is COc1cc(/C=C2/C(=O)NC(=O)N(c3ccccc3F)C2=O)cc(Cl)c1OCc1ccc(Cl)cc1. The predicted octanol–water partition coefficient (Wildman–Crippen LogP) is 5.39. The zero-order chi connectivity index (χ0) is 25.1. The van der Waals surface area contributed by atoms with Gasteiger partial charge >= 0.3 is 6.03 Å². The highest BCUT2D eigenvalue weighted by atomic mass is 35.5. The third-order valence-electron chi connectivity index (χ3n) is 5.05. The van der Waals surface area contributed by atoms with E-state index in [-0.39, 0.29) is 34.4 Å². The van der Waals surface area contributed by atoms with Crippen LogP contribution < -0.4 is 19.7 Å². The Morgan fingerprint density at radius 1 is 1.03 bits per heavy atom. The molecule has 3 aromatic carbocycles. The number of carbonyl (C=O) groups is 3. The minimum atomic E-state index is -1.05. The summed E-state index contributed by atoms with van der Waals surface area (Å²) in [6.45, 7) is 0.189. The fourth-order valence-electron chi connectivity index (χ4n) is 3.38. The number of methoxy groups -OCH3 is 1. The monoisotopic (exact) mass is 514 g/mol. The molecule has 4 amide bonds. The lowest BCUT2D eigenvalue weighted by molar-refractivity contribution is -0.122. The Labute approximate surface area is 209 Å². The van der Waals surface area contributed by atoms with E-state index in [1.807, 2.05) is 5.32 Å². The molecule has 0 radical (unpaired) electrons. The second-order valence-electron chi connectivity index (χ2n) is 7.36. The van der Waals surface area contributed by atoms with Gasteiger partial charge in [0.15, 0.2) is 11.5 Å². The summed E-state index contributed by atoms with van der Waals surface area (Å²) in [6.07, 6.45) is 1.23. The highest BCUT2D eigenvalue weighted by molar-refractivity contribution is 6.39. The van der Waals surface area contributed by atoms with Gasteiger partial charge in [-0.2, -0.15) is 0 Å². The molecular formula is C25H17Cl2FN2O5. The number of nitrogens with one attached hydrogen (secondary N) is 1. The van der Waals surface area contributed by atoms with Crippen molar-refractivity contribution in [2.24, 2.45) is 0 Å². The Kier molecular flexibility index (Phi) is 7.04. The molecule has 4 rings (SSSR count). The third kappa shape index (κ3) is 5.13. The smallest absolute Gasteiger partial charge is 0.336 e. The minimum absolute atomic E-state index is 0.163. The Morgan fingerprint density at radius 2 is 1.74 bits per heavy atom. The van der Waals surface area contributed by atoms with Crippen LogP contribution in [0.2, 0.25) is 10.0 Å². The van der Waals surface area contributed by atoms with Gasteiger partial charge < -0.3 is 9.47 Å². The first kappa shape index (κ1) is 24.3. The fraction of sp³-hybridized carbons (Fsp3) is 0.0800. The first-order valence-electron chi connectivity index (χ1n) is 10.2. The summed E-state index contributed by atoms with van der Waals surface area (Å²) in [5.41, 5.74) is 0.504. The molecule has 35 heavy (non-hydrogen) atoms. The molecule has 178 valence electrons. The van der Waals surface area contributed by atoms with E-state index in [4.69, 9.17) is 32.7 Å².